The molecule has 0 bridgehead atoms. The number of alkyl halides is 3. The van der Waals surface area contributed by atoms with Crippen LogP contribution in [0.2, 0.25) is 0 Å². The Morgan fingerprint density at radius 3 is 2.67 bits per heavy atom. The first kappa shape index (κ1) is 21.2. The molecule has 33 heavy (non-hydrogen) atoms. The van der Waals surface area contributed by atoms with Gasteiger partial charge in [0.05, 0.1) is 17.3 Å². The fraction of sp³-hybridized carbons (Fsp3) is 0.364. The Hall–Kier alpha value is -3.63. The summed E-state index contributed by atoms with van der Waals surface area (Å²) in [7, 11) is 0. The van der Waals surface area contributed by atoms with Crippen molar-refractivity contribution in [2.45, 2.75) is 37.5 Å². The highest BCUT2D eigenvalue weighted by Crippen LogP contribution is 2.44. The van der Waals surface area contributed by atoms with Crippen molar-refractivity contribution >= 4 is 11.8 Å². The molecule has 0 aliphatic carbocycles. The molecule has 2 aliphatic rings. The van der Waals surface area contributed by atoms with Crippen molar-refractivity contribution < 1.29 is 18.0 Å². The molecule has 8 nitrogen and oxygen atoms in total. The lowest BCUT2D eigenvalue weighted by Crippen LogP contribution is -2.62. The molecule has 0 saturated carbocycles. The average Bonchev–Trinajstić information content (AvgIpc) is 3.32. The van der Waals surface area contributed by atoms with Gasteiger partial charge in [-0.25, -0.2) is 9.78 Å². The number of amides is 2. The SMILES string of the molecule is CC(NC(=O)N1CC2(CCn3nc(-c4cnc(N)c(C(F)(F)F)c4)cc32)C1)c1ccncc1. The molecule has 5 heterocycles. The van der Waals surface area contributed by atoms with Crippen molar-refractivity contribution in [3.63, 3.8) is 0 Å². The Kier molecular flexibility index (Phi) is 4.80. The van der Waals surface area contributed by atoms with E-state index in [9.17, 15) is 18.0 Å². The molecule has 0 aromatic carbocycles. The zero-order valence-electron chi connectivity index (χ0n) is 17.8. The highest BCUT2D eigenvalue weighted by atomic mass is 19.4. The molecule has 2 aliphatic heterocycles. The largest absolute Gasteiger partial charge is 0.419 e. The number of carbonyl (C=O) groups excluding carboxylic acids is 1. The van der Waals surface area contributed by atoms with Gasteiger partial charge < -0.3 is 16.0 Å². The summed E-state index contributed by atoms with van der Waals surface area (Å²) in [5.41, 5.74) is 6.76. The monoisotopic (exact) mass is 457 g/mol. The summed E-state index contributed by atoms with van der Waals surface area (Å²) >= 11 is 0. The Morgan fingerprint density at radius 1 is 1.24 bits per heavy atom. The number of aromatic nitrogens is 4. The van der Waals surface area contributed by atoms with Crippen LogP contribution in [0.25, 0.3) is 11.3 Å². The number of fused-ring (bicyclic) bond motifs is 2. The molecule has 3 aromatic heterocycles. The van der Waals surface area contributed by atoms with Gasteiger partial charge in [-0.05, 0) is 43.2 Å². The molecule has 172 valence electrons. The topological polar surface area (TPSA) is 102 Å². The summed E-state index contributed by atoms with van der Waals surface area (Å²) in [5.74, 6) is -0.559. The number of likely N-dealkylation sites (tertiary alicyclic amines) is 1. The van der Waals surface area contributed by atoms with Crippen LogP contribution in [-0.4, -0.2) is 43.8 Å². The number of carbonyl (C=O) groups is 1. The molecule has 2 amide bonds. The maximum atomic E-state index is 13.2. The Balaban J connectivity index is 1.31. The van der Waals surface area contributed by atoms with Crippen molar-refractivity contribution in [1.29, 1.82) is 0 Å². The zero-order chi connectivity index (χ0) is 23.4. The highest BCUT2D eigenvalue weighted by Gasteiger charge is 2.51. The van der Waals surface area contributed by atoms with E-state index in [1.54, 1.807) is 23.4 Å². The number of pyridine rings is 2. The zero-order valence-corrected chi connectivity index (χ0v) is 17.8. The van der Waals surface area contributed by atoms with Crippen LogP contribution in [0.1, 0.15) is 36.2 Å². The van der Waals surface area contributed by atoms with Crippen LogP contribution < -0.4 is 11.1 Å². The van der Waals surface area contributed by atoms with Crippen LogP contribution in [-0.2, 0) is 18.1 Å². The molecule has 1 atom stereocenters. The molecular weight excluding hydrogens is 435 g/mol. The van der Waals surface area contributed by atoms with Crippen molar-refractivity contribution in [1.82, 2.24) is 30.0 Å². The van der Waals surface area contributed by atoms with Crippen molar-refractivity contribution in [3.8, 4) is 11.3 Å². The molecule has 0 radical (unpaired) electrons. The third-order valence-electron chi connectivity index (χ3n) is 6.47. The van der Waals surface area contributed by atoms with E-state index < -0.39 is 17.6 Å². The third-order valence-corrected chi connectivity index (χ3v) is 6.47. The second-order valence-corrected chi connectivity index (χ2v) is 8.63. The van der Waals surface area contributed by atoms with E-state index in [1.807, 2.05) is 23.7 Å². The number of aryl methyl sites for hydroxylation is 1. The van der Waals surface area contributed by atoms with E-state index >= 15 is 0 Å². The molecule has 3 N–H and O–H groups in total. The van der Waals surface area contributed by atoms with Gasteiger partial charge in [0.15, 0.2) is 0 Å². The van der Waals surface area contributed by atoms with Crippen LogP contribution in [0.5, 0.6) is 0 Å². The number of nitrogens with one attached hydrogen (secondary N) is 1. The van der Waals surface area contributed by atoms with Crippen molar-refractivity contribution in [3.05, 3.63) is 59.7 Å². The number of anilines is 1. The predicted octanol–water partition coefficient (Wildman–Crippen LogP) is 3.37. The minimum absolute atomic E-state index is 0.152. The Labute approximate surface area is 187 Å². The molecule has 11 heteroatoms. The van der Waals surface area contributed by atoms with Crippen molar-refractivity contribution in [2.24, 2.45) is 0 Å². The van der Waals surface area contributed by atoms with Gasteiger partial charge in [-0.3, -0.25) is 9.67 Å². The van der Waals surface area contributed by atoms with Gasteiger partial charge in [0.1, 0.15) is 5.82 Å². The van der Waals surface area contributed by atoms with E-state index in [2.05, 4.69) is 20.4 Å². The van der Waals surface area contributed by atoms with Gasteiger partial charge in [-0.1, -0.05) is 0 Å². The van der Waals surface area contributed by atoms with Gasteiger partial charge in [-0.2, -0.15) is 18.3 Å². The van der Waals surface area contributed by atoms with E-state index in [0.29, 0.717) is 25.3 Å². The molecule has 3 aromatic rings. The fourth-order valence-electron chi connectivity index (χ4n) is 4.61. The molecule has 5 rings (SSSR count). The Bertz CT molecular complexity index is 1200. The number of halogens is 3. The van der Waals surface area contributed by atoms with Crippen LogP contribution in [0.4, 0.5) is 23.8 Å². The number of nitrogens with zero attached hydrogens (tertiary/aromatic N) is 5. The number of hydrogen-bond donors (Lipinski definition) is 2. The van der Waals surface area contributed by atoms with Gasteiger partial charge in [-0.15, -0.1) is 0 Å². The molecule has 1 saturated heterocycles. The summed E-state index contributed by atoms with van der Waals surface area (Å²) in [4.78, 5) is 22.1. The second-order valence-electron chi connectivity index (χ2n) is 8.63. The Morgan fingerprint density at radius 2 is 1.97 bits per heavy atom. The number of rotatable bonds is 3. The smallest absolute Gasteiger partial charge is 0.383 e. The van der Waals surface area contributed by atoms with Crippen LogP contribution in [0.15, 0.2) is 42.9 Å². The van der Waals surface area contributed by atoms with Crippen LogP contribution >= 0.6 is 0 Å². The predicted molar refractivity (Wildman–Crippen MR) is 114 cm³/mol. The van der Waals surface area contributed by atoms with Gasteiger partial charge in [0, 0.05) is 54.9 Å². The number of nitrogen functional groups attached to an aromatic ring is 1. The molecule has 1 fully saturated rings. The van der Waals surface area contributed by atoms with Gasteiger partial charge in [0.25, 0.3) is 0 Å². The van der Waals surface area contributed by atoms with Crippen LogP contribution in [0.3, 0.4) is 0 Å². The first-order valence-electron chi connectivity index (χ1n) is 10.5. The van der Waals surface area contributed by atoms with E-state index in [0.717, 1.165) is 23.7 Å². The lowest BCUT2D eigenvalue weighted by Gasteiger charge is -2.47. The van der Waals surface area contributed by atoms with Gasteiger partial charge in [0.2, 0.25) is 0 Å². The minimum atomic E-state index is -4.59. The lowest BCUT2D eigenvalue weighted by atomic mass is 9.76. The van der Waals surface area contributed by atoms with E-state index in [1.165, 1.54) is 6.20 Å². The summed E-state index contributed by atoms with van der Waals surface area (Å²) in [6.45, 7) is 3.62. The standard InChI is InChI=1S/C22H22F3N7O/c1-13(14-2-5-27-6-3-14)29-20(33)31-11-21(12-31)4-7-32-18(21)9-17(30-32)15-8-16(22(23,24)25)19(26)28-10-15/h2-3,5-6,8-10,13H,4,7,11-12H2,1H3,(H2,26,28)(H,29,33). The fourth-order valence-corrected chi connectivity index (χ4v) is 4.61. The van der Waals surface area contributed by atoms with Crippen molar-refractivity contribution in [2.75, 3.05) is 18.8 Å². The van der Waals surface area contributed by atoms with E-state index in [-0.39, 0.29) is 23.1 Å². The maximum Gasteiger partial charge on any atom is 0.419 e. The highest BCUT2D eigenvalue weighted by molar-refractivity contribution is 5.76. The first-order chi connectivity index (χ1) is 15.7. The average molecular weight is 457 g/mol. The normalized spacial score (nSPS) is 17.5. The number of hydrogen-bond acceptors (Lipinski definition) is 5. The minimum Gasteiger partial charge on any atom is -0.383 e. The third kappa shape index (κ3) is 3.66. The summed E-state index contributed by atoms with van der Waals surface area (Å²) in [5, 5.41) is 7.49. The van der Waals surface area contributed by atoms with Gasteiger partial charge >= 0.3 is 12.2 Å². The summed E-state index contributed by atoms with van der Waals surface area (Å²) in [6, 6.07) is 6.19. The second kappa shape index (κ2) is 7.46. The lowest BCUT2D eigenvalue weighted by molar-refractivity contribution is -0.137. The first-order valence-corrected chi connectivity index (χ1v) is 10.5. The summed E-state index contributed by atoms with van der Waals surface area (Å²) in [6.07, 6.45) is 0.902. The maximum absolute atomic E-state index is 13.2. The van der Waals surface area contributed by atoms with Crippen LogP contribution in [0, 0.1) is 0 Å². The number of urea groups is 1. The van der Waals surface area contributed by atoms with E-state index in [4.69, 9.17) is 5.73 Å². The quantitative estimate of drug-likeness (QED) is 0.628. The summed E-state index contributed by atoms with van der Waals surface area (Å²) < 4.78 is 41.5. The molecular formula is C22H22F3N7O. The molecule has 1 spiro atoms. The molecule has 1 unspecified atom stereocenters. The number of nitrogens with two attached hydrogens (primary N) is 1.